The van der Waals surface area contributed by atoms with Crippen LogP contribution >= 0.6 is 0 Å². The second-order valence-corrected chi connectivity index (χ2v) is 5.98. The predicted molar refractivity (Wildman–Crippen MR) is 90.1 cm³/mol. The summed E-state index contributed by atoms with van der Waals surface area (Å²) in [7, 11) is 0. The molecule has 1 aromatic carbocycles. The van der Waals surface area contributed by atoms with E-state index in [-0.39, 0.29) is 18.6 Å². The number of likely N-dealkylation sites (tertiary alicyclic amines) is 1. The fraction of sp³-hybridized carbons (Fsp3) is 0.368. The van der Waals surface area contributed by atoms with Gasteiger partial charge in [-0.05, 0) is 61.1 Å². The summed E-state index contributed by atoms with van der Waals surface area (Å²) in [5.41, 5.74) is 2.79. The van der Waals surface area contributed by atoms with Crippen LogP contribution < -0.4 is 0 Å². The molecule has 120 valence electrons. The van der Waals surface area contributed by atoms with Crippen LogP contribution in [0.15, 0.2) is 48.8 Å². The number of carbonyl (C=O) groups excluding carboxylic acids is 1. The van der Waals surface area contributed by atoms with Crippen molar-refractivity contribution in [1.29, 1.82) is 0 Å². The molecule has 2 aromatic rings. The van der Waals surface area contributed by atoms with Gasteiger partial charge in [-0.2, -0.15) is 0 Å². The highest BCUT2D eigenvalue weighted by Gasteiger charge is 2.27. The number of benzene rings is 1. The molecule has 1 aromatic heterocycles. The minimum absolute atomic E-state index is 0.0686. The Morgan fingerprint density at radius 3 is 2.78 bits per heavy atom. The number of rotatable bonds is 4. The molecule has 1 saturated heterocycles. The first-order chi connectivity index (χ1) is 11.3. The standard InChI is InChI=1S/C19H22N2O2/c22-13-9-18-6-1-2-12-21(18)19(23)17-5-3-4-16(14-17)15-7-10-20-11-8-15/h3-5,7-8,10-11,14,18,22H,1-2,6,9,12-13H2/t18-/m0/s1. The molecule has 0 spiro atoms. The van der Waals surface area contributed by atoms with Crippen LogP contribution in [0.4, 0.5) is 0 Å². The van der Waals surface area contributed by atoms with E-state index in [1.54, 1.807) is 12.4 Å². The van der Waals surface area contributed by atoms with Crippen molar-refractivity contribution in [3.8, 4) is 11.1 Å². The minimum Gasteiger partial charge on any atom is -0.396 e. The third-order valence-electron chi connectivity index (χ3n) is 4.47. The summed E-state index contributed by atoms with van der Waals surface area (Å²) in [6, 6.07) is 11.8. The minimum atomic E-state index is 0.0686. The molecule has 23 heavy (non-hydrogen) atoms. The molecule has 1 aliphatic heterocycles. The van der Waals surface area contributed by atoms with E-state index in [9.17, 15) is 9.90 Å². The molecule has 0 saturated carbocycles. The quantitative estimate of drug-likeness (QED) is 0.944. The van der Waals surface area contributed by atoms with Crippen molar-refractivity contribution in [1.82, 2.24) is 9.88 Å². The first kappa shape index (κ1) is 15.7. The number of aromatic nitrogens is 1. The molecule has 2 heterocycles. The van der Waals surface area contributed by atoms with Crippen molar-refractivity contribution in [3.05, 3.63) is 54.4 Å². The summed E-state index contributed by atoms with van der Waals surface area (Å²) in [5, 5.41) is 9.24. The molecule has 1 fully saturated rings. The summed E-state index contributed by atoms with van der Waals surface area (Å²) >= 11 is 0. The van der Waals surface area contributed by atoms with E-state index in [0.717, 1.165) is 36.9 Å². The van der Waals surface area contributed by atoms with Crippen LogP contribution in [-0.2, 0) is 0 Å². The van der Waals surface area contributed by atoms with Gasteiger partial charge in [0, 0.05) is 37.2 Å². The molecule has 0 aliphatic carbocycles. The van der Waals surface area contributed by atoms with Crippen molar-refractivity contribution < 1.29 is 9.90 Å². The van der Waals surface area contributed by atoms with E-state index >= 15 is 0 Å². The first-order valence-electron chi connectivity index (χ1n) is 8.22. The largest absolute Gasteiger partial charge is 0.396 e. The molecule has 0 unspecified atom stereocenters. The fourth-order valence-corrected chi connectivity index (χ4v) is 3.26. The molecule has 4 heteroatoms. The molecule has 0 radical (unpaired) electrons. The van der Waals surface area contributed by atoms with Crippen molar-refractivity contribution in [2.45, 2.75) is 31.7 Å². The van der Waals surface area contributed by atoms with Gasteiger partial charge in [0.15, 0.2) is 0 Å². The van der Waals surface area contributed by atoms with Crippen LogP contribution in [0.2, 0.25) is 0 Å². The van der Waals surface area contributed by atoms with Crippen LogP contribution in [0.25, 0.3) is 11.1 Å². The number of hydrogen-bond donors (Lipinski definition) is 1. The van der Waals surface area contributed by atoms with E-state index in [2.05, 4.69) is 4.98 Å². The van der Waals surface area contributed by atoms with Crippen LogP contribution in [0, 0.1) is 0 Å². The third kappa shape index (κ3) is 3.59. The highest BCUT2D eigenvalue weighted by molar-refractivity contribution is 5.95. The Balaban J connectivity index is 1.84. The van der Waals surface area contributed by atoms with Crippen LogP contribution in [0.5, 0.6) is 0 Å². The van der Waals surface area contributed by atoms with Gasteiger partial charge in [-0.25, -0.2) is 0 Å². The maximum Gasteiger partial charge on any atom is 0.254 e. The number of carbonyl (C=O) groups is 1. The lowest BCUT2D eigenvalue weighted by Gasteiger charge is -2.35. The molecule has 1 amide bonds. The number of nitrogens with zero attached hydrogens (tertiary/aromatic N) is 2. The van der Waals surface area contributed by atoms with E-state index < -0.39 is 0 Å². The normalized spacial score (nSPS) is 18.0. The molecule has 3 rings (SSSR count). The zero-order valence-electron chi connectivity index (χ0n) is 13.2. The van der Waals surface area contributed by atoms with E-state index in [4.69, 9.17) is 0 Å². The molecule has 0 bridgehead atoms. The monoisotopic (exact) mass is 310 g/mol. The zero-order valence-corrected chi connectivity index (χ0v) is 13.2. The second kappa shape index (κ2) is 7.38. The molecular weight excluding hydrogens is 288 g/mol. The number of piperidine rings is 1. The zero-order chi connectivity index (χ0) is 16.1. The average Bonchev–Trinajstić information content (AvgIpc) is 2.63. The van der Waals surface area contributed by atoms with Crippen LogP contribution in [0.3, 0.4) is 0 Å². The summed E-state index contributed by atoms with van der Waals surface area (Å²) in [5.74, 6) is 0.0686. The smallest absolute Gasteiger partial charge is 0.254 e. The van der Waals surface area contributed by atoms with Crippen LogP contribution in [0.1, 0.15) is 36.0 Å². The Bertz CT molecular complexity index is 655. The Kier molecular flexibility index (Phi) is 5.03. The van der Waals surface area contributed by atoms with Gasteiger partial charge in [0.1, 0.15) is 0 Å². The summed E-state index contributed by atoms with van der Waals surface area (Å²) in [6.45, 7) is 0.911. The maximum atomic E-state index is 12.9. The molecular formula is C19H22N2O2. The lowest BCUT2D eigenvalue weighted by molar-refractivity contribution is 0.0574. The first-order valence-corrected chi connectivity index (χ1v) is 8.22. The molecule has 1 atom stereocenters. The topological polar surface area (TPSA) is 53.4 Å². The number of aliphatic hydroxyl groups is 1. The number of amides is 1. The SMILES string of the molecule is O=C(c1cccc(-c2ccncc2)c1)N1CCCC[C@H]1CCO. The molecule has 1 N–H and O–H groups in total. The van der Waals surface area contributed by atoms with Gasteiger partial charge < -0.3 is 10.0 Å². The highest BCUT2D eigenvalue weighted by atomic mass is 16.3. The molecule has 4 nitrogen and oxygen atoms in total. The van der Waals surface area contributed by atoms with Gasteiger partial charge in [-0.15, -0.1) is 0 Å². The van der Waals surface area contributed by atoms with Crippen molar-refractivity contribution in [2.75, 3.05) is 13.2 Å². The van der Waals surface area contributed by atoms with Crippen molar-refractivity contribution >= 4 is 5.91 Å². The van der Waals surface area contributed by atoms with Gasteiger partial charge in [0.2, 0.25) is 0 Å². The summed E-state index contributed by atoms with van der Waals surface area (Å²) < 4.78 is 0. The predicted octanol–water partition coefficient (Wildman–Crippen LogP) is 3.13. The highest BCUT2D eigenvalue weighted by Crippen LogP contribution is 2.24. The number of aliphatic hydroxyl groups excluding tert-OH is 1. The van der Waals surface area contributed by atoms with Gasteiger partial charge in [-0.3, -0.25) is 9.78 Å². The van der Waals surface area contributed by atoms with Gasteiger partial charge >= 0.3 is 0 Å². The lowest BCUT2D eigenvalue weighted by atomic mass is 9.97. The van der Waals surface area contributed by atoms with E-state index in [0.29, 0.717) is 12.0 Å². The Hall–Kier alpha value is -2.20. The fourth-order valence-electron chi connectivity index (χ4n) is 3.26. The Labute approximate surface area is 136 Å². The Morgan fingerprint density at radius 1 is 1.17 bits per heavy atom. The van der Waals surface area contributed by atoms with E-state index in [1.165, 1.54) is 0 Å². The van der Waals surface area contributed by atoms with E-state index in [1.807, 2.05) is 41.3 Å². The summed E-state index contributed by atoms with van der Waals surface area (Å²) in [6.07, 6.45) is 7.33. The Morgan fingerprint density at radius 2 is 2.00 bits per heavy atom. The van der Waals surface area contributed by atoms with Gasteiger partial charge in [0.25, 0.3) is 5.91 Å². The third-order valence-corrected chi connectivity index (χ3v) is 4.47. The second-order valence-electron chi connectivity index (χ2n) is 5.98. The lowest BCUT2D eigenvalue weighted by Crippen LogP contribution is -2.44. The van der Waals surface area contributed by atoms with Gasteiger partial charge in [-0.1, -0.05) is 12.1 Å². The number of hydrogen-bond acceptors (Lipinski definition) is 3. The average molecular weight is 310 g/mol. The number of pyridine rings is 1. The van der Waals surface area contributed by atoms with Crippen molar-refractivity contribution in [3.63, 3.8) is 0 Å². The van der Waals surface area contributed by atoms with Crippen LogP contribution in [-0.4, -0.2) is 40.1 Å². The van der Waals surface area contributed by atoms with Crippen molar-refractivity contribution in [2.24, 2.45) is 0 Å². The maximum absolute atomic E-state index is 12.9. The summed E-state index contributed by atoms with van der Waals surface area (Å²) in [4.78, 5) is 18.9. The van der Waals surface area contributed by atoms with Gasteiger partial charge in [0.05, 0.1) is 0 Å². The molecule has 1 aliphatic rings.